The maximum absolute atomic E-state index is 12.7. The number of fused-ring (bicyclic) bond motifs is 1. The van der Waals surface area contributed by atoms with Crippen molar-refractivity contribution in [3.63, 3.8) is 0 Å². The van der Waals surface area contributed by atoms with Gasteiger partial charge in [-0.05, 0) is 55.0 Å². The summed E-state index contributed by atoms with van der Waals surface area (Å²) in [6, 6.07) is 9.55. The lowest BCUT2D eigenvalue weighted by atomic mass is 9.93. The van der Waals surface area contributed by atoms with Crippen LogP contribution >= 0.6 is 0 Å². The van der Waals surface area contributed by atoms with E-state index in [2.05, 4.69) is 15.6 Å². The average molecular weight is 365 g/mol. The lowest BCUT2D eigenvalue weighted by Crippen LogP contribution is -2.48. The molecule has 2 heterocycles. The summed E-state index contributed by atoms with van der Waals surface area (Å²) in [4.78, 5) is 28.2. The van der Waals surface area contributed by atoms with Gasteiger partial charge in [0.15, 0.2) is 5.60 Å². The molecule has 4 rings (SSSR count). The number of anilines is 1. The molecule has 1 fully saturated rings. The fraction of sp³-hybridized carbons (Fsp3) is 0.381. The summed E-state index contributed by atoms with van der Waals surface area (Å²) < 4.78 is 5.97. The van der Waals surface area contributed by atoms with Crippen molar-refractivity contribution < 1.29 is 14.3 Å². The molecule has 140 valence electrons. The Morgan fingerprint density at radius 2 is 1.96 bits per heavy atom. The van der Waals surface area contributed by atoms with Gasteiger partial charge in [-0.15, -0.1) is 0 Å². The Kier molecular flexibility index (Phi) is 4.34. The third-order valence-electron chi connectivity index (χ3n) is 5.10. The van der Waals surface area contributed by atoms with Crippen LogP contribution in [0.15, 0.2) is 36.5 Å². The van der Waals surface area contributed by atoms with Crippen LogP contribution in [-0.2, 0) is 16.0 Å². The van der Waals surface area contributed by atoms with Gasteiger partial charge >= 0.3 is 0 Å². The summed E-state index contributed by atoms with van der Waals surface area (Å²) in [5.41, 5.74) is 2.74. The van der Waals surface area contributed by atoms with Gasteiger partial charge in [-0.1, -0.05) is 12.1 Å². The molecule has 1 saturated carbocycles. The fourth-order valence-corrected chi connectivity index (χ4v) is 3.40. The van der Waals surface area contributed by atoms with Gasteiger partial charge in [0.05, 0.1) is 0 Å². The molecule has 2 N–H and O–H groups in total. The molecule has 0 spiro atoms. The molecule has 27 heavy (non-hydrogen) atoms. The van der Waals surface area contributed by atoms with E-state index in [0.717, 1.165) is 28.9 Å². The first-order valence-corrected chi connectivity index (χ1v) is 9.28. The van der Waals surface area contributed by atoms with Crippen LogP contribution < -0.4 is 15.4 Å². The van der Waals surface area contributed by atoms with Gasteiger partial charge in [-0.25, -0.2) is 4.98 Å². The molecule has 6 heteroatoms. The molecule has 1 atom stereocenters. The minimum absolute atomic E-state index is 0.0839. The van der Waals surface area contributed by atoms with Gasteiger partial charge in [-0.2, -0.15) is 0 Å². The van der Waals surface area contributed by atoms with Gasteiger partial charge in [0, 0.05) is 37.3 Å². The van der Waals surface area contributed by atoms with Crippen molar-refractivity contribution in [3.8, 4) is 17.0 Å². The van der Waals surface area contributed by atoms with E-state index in [1.54, 1.807) is 6.20 Å². The summed E-state index contributed by atoms with van der Waals surface area (Å²) >= 11 is 0. The molecular formula is C21H23N3O3. The molecule has 1 unspecified atom stereocenters. The minimum Gasteiger partial charge on any atom is -0.461 e. The molecule has 6 nitrogen and oxygen atoms in total. The molecule has 1 aromatic carbocycles. The molecule has 0 bridgehead atoms. The van der Waals surface area contributed by atoms with Crippen molar-refractivity contribution in [3.05, 3.63) is 42.1 Å². The first kappa shape index (κ1) is 17.5. The molecule has 2 amide bonds. The molecule has 0 saturated heterocycles. The largest absolute Gasteiger partial charge is 0.461 e. The Morgan fingerprint density at radius 3 is 2.63 bits per heavy atom. The van der Waals surface area contributed by atoms with Crippen molar-refractivity contribution in [1.82, 2.24) is 10.3 Å². The van der Waals surface area contributed by atoms with Crippen molar-refractivity contribution in [2.75, 3.05) is 11.9 Å². The van der Waals surface area contributed by atoms with Gasteiger partial charge in [-0.3, -0.25) is 9.59 Å². The second-order valence-corrected chi connectivity index (χ2v) is 7.56. The molecule has 2 aliphatic rings. The number of nitrogens with one attached hydrogen (secondary N) is 2. The van der Waals surface area contributed by atoms with Crippen LogP contribution in [0.5, 0.6) is 5.88 Å². The van der Waals surface area contributed by atoms with Gasteiger partial charge in [0.1, 0.15) is 0 Å². The van der Waals surface area contributed by atoms with Crippen LogP contribution in [0.3, 0.4) is 0 Å². The Balaban J connectivity index is 1.56. The zero-order chi connectivity index (χ0) is 19.0. The zero-order valence-electron chi connectivity index (χ0n) is 15.5. The normalized spacial score (nSPS) is 20.5. The Bertz CT molecular complexity index is 890. The molecular weight excluding hydrogens is 342 g/mol. The molecule has 1 aromatic heterocycles. The number of ether oxygens (including phenoxy) is 1. The maximum Gasteiger partial charge on any atom is 0.264 e. The summed E-state index contributed by atoms with van der Waals surface area (Å²) in [5, 5.41) is 5.78. The smallest absolute Gasteiger partial charge is 0.264 e. The number of carbonyl (C=O) groups is 2. The standard InChI is InChI=1S/C21H23N3O3/c1-13(25)24-16-7-5-15(6-8-16)17-9-10-22-19-18(17)11-21(2,27-19)20(26)23-12-14-3-4-14/h5-10,14H,3-4,11-12H2,1-2H3,(H,23,26)(H,24,25). The Labute approximate surface area is 158 Å². The van der Waals surface area contributed by atoms with Crippen molar-refractivity contribution in [2.45, 2.75) is 38.7 Å². The van der Waals surface area contributed by atoms with E-state index in [4.69, 9.17) is 4.74 Å². The maximum atomic E-state index is 12.7. The second-order valence-electron chi connectivity index (χ2n) is 7.56. The number of amides is 2. The van der Waals surface area contributed by atoms with Crippen LogP contribution in [0.1, 0.15) is 32.3 Å². The summed E-state index contributed by atoms with van der Waals surface area (Å²) in [7, 11) is 0. The quantitative estimate of drug-likeness (QED) is 0.854. The van der Waals surface area contributed by atoms with Crippen LogP contribution in [0.4, 0.5) is 5.69 Å². The van der Waals surface area contributed by atoms with E-state index in [9.17, 15) is 9.59 Å². The first-order valence-electron chi connectivity index (χ1n) is 9.28. The number of hydrogen-bond acceptors (Lipinski definition) is 4. The van der Waals surface area contributed by atoms with E-state index in [-0.39, 0.29) is 11.8 Å². The van der Waals surface area contributed by atoms with E-state index in [1.165, 1.54) is 19.8 Å². The molecule has 1 aliphatic heterocycles. The van der Waals surface area contributed by atoms with Gasteiger partial charge < -0.3 is 15.4 Å². The number of rotatable bonds is 5. The van der Waals surface area contributed by atoms with Gasteiger partial charge in [0.25, 0.3) is 5.91 Å². The number of aromatic nitrogens is 1. The minimum atomic E-state index is -0.934. The van der Waals surface area contributed by atoms with Crippen LogP contribution in [0.2, 0.25) is 0 Å². The van der Waals surface area contributed by atoms with Crippen molar-refractivity contribution >= 4 is 17.5 Å². The van der Waals surface area contributed by atoms with Crippen LogP contribution in [-0.4, -0.2) is 28.9 Å². The van der Waals surface area contributed by atoms with Gasteiger partial charge in [0.2, 0.25) is 11.8 Å². The molecule has 0 radical (unpaired) electrons. The van der Waals surface area contributed by atoms with E-state index in [0.29, 0.717) is 18.2 Å². The number of pyridine rings is 1. The SMILES string of the molecule is CC(=O)Nc1ccc(-c2ccnc3c2CC(C)(C(=O)NCC2CC2)O3)cc1. The number of carbonyl (C=O) groups excluding carboxylic acids is 2. The lowest BCUT2D eigenvalue weighted by Gasteiger charge is -2.22. The zero-order valence-corrected chi connectivity index (χ0v) is 15.5. The lowest BCUT2D eigenvalue weighted by molar-refractivity contribution is -0.134. The highest BCUT2D eigenvalue weighted by Crippen LogP contribution is 2.40. The fourth-order valence-electron chi connectivity index (χ4n) is 3.40. The third-order valence-corrected chi connectivity index (χ3v) is 5.10. The number of benzene rings is 1. The summed E-state index contributed by atoms with van der Waals surface area (Å²) in [5.74, 6) is 0.952. The van der Waals surface area contributed by atoms with Crippen molar-refractivity contribution in [1.29, 1.82) is 0 Å². The van der Waals surface area contributed by atoms with Crippen molar-refractivity contribution in [2.24, 2.45) is 5.92 Å². The number of hydrogen-bond donors (Lipinski definition) is 2. The predicted molar refractivity (Wildman–Crippen MR) is 102 cm³/mol. The first-order chi connectivity index (χ1) is 12.9. The monoisotopic (exact) mass is 365 g/mol. The average Bonchev–Trinajstić information content (AvgIpc) is 3.39. The summed E-state index contributed by atoms with van der Waals surface area (Å²) in [6.45, 7) is 4.02. The highest BCUT2D eigenvalue weighted by molar-refractivity contribution is 5.89. The molecule has 2 aromatic rings. The summed E-state index contributed by atoms with van der Waals surface area (Å²) in [6.07, 6.45) is 4.57. The van der Waals surface area contributed by atoms with Crippen LogP contribution in [0.25, 0.3) is 11.1 Å². The topological polar surface area (TPSA) is 80.3 Å². The van der Waals surface area contributed by atoms with E-state index < -0.39 is 5.60 Å². The Morgan fingerprint density at radius 1 is 1.22 bits per heavy atom. The van der Waals surface area contributed by atoms with E-state index in [1.807, 2.05) is 37.3 Å². The number of nitrogens with zero attached hydrogens (tertiary/aromatic N) is 1. The van der Waals surface area contributed by atoms with E-state index >= 15 is 0 Å². The predicted octanol–water partition coefficient (Wildman–Crippen LogP) is 2.93. The third kappa shape index (κ3) is 3.65. The second kappa shape index (κ2) is 6.68. The van der Waals surface area contributed by atoms with Crippen LogP contribution in [0, 0.1) is 5.92 Å². The molecule has 1 aliphatic carbocycles. The highest BCUT2D eigenvalue weighted by Gasteiger charge is 2.44. The Hall–Kier alpha value is -2.89. The highest BCUT2D eigenvalue weighted by atomic mass is 16.5.